The van der Waals surface area contributed by atoms with Gasteiger partial charge in [0.15, 0.2) is 5.71 Å². The van der Waals surface area contributed by atoms with Crippen molar-refractivity contribution in [2.75, 3.05) is 13.2 Å². The average Bonchev–Trinajstić information content (AvgIpc) is 2.55. The average molecular weight is 336 g/mol. The second kappa shape index (κ2) is 9.29. The van der Waals surface area contributed by atoms with E-state index in [0.717, 1.165) is 0 Å². The van der Waals surface area contributed by atoms with Crippen LogP contribution in [0.15, 0.2) is 29.4 Å². The van der Waals surface area contributed by atoms with Crippen LogP contribution in [0.1, 0.15) is 31.1 Å². The Morgan fingerprint density at radius 3 is 2.38 bits per heavy atom. The predicted molar refractivity (Wildman–Crippen MR) is 85.4 cm³/mol. The monoisotopic (exact) mass is 336 g/mol. The first-order valence-corrected chi connectivity index (χ1v) is 7.42. The van der Waals surface area contributed by atoms with Crippen LogP contribution in [-0.2, 0) is 19.1 Å². The smallest absolute Gasteiger partial charge is 0.355 e. The minimum absolute atomic E-state index is 0.0201. The molecule has 130 valence electrons. The summed E-state index contributed by atoms with van der Waals surface area (Å²) < 4.78 is 9.68. The highest BCUT2D eigenvalue weighted by Gasteiger charge is 2.28. The minimum atomic E-state index is -1.02. The van der Waals surface area contributed by atoms with E-state index in [9.17, 15) is 19.5 Å². The van der Waals surface area contributed by atoms with Gasteiger partial charge in [-0.15, -0.1) is 0 Å². The lowest BCUT2D eigenvalue weighted by Gasteiger charge is -2.13. The highest BCUT2D eigenvalue weighted by Crippen LogP contribution is 2.15. The maximum atomic E-state index is 12.0. The number of hydrogen-bond acceptors (Lipinski definition) is 7. The molecule has 0 aliphatic rings. The summed E-state index contributed by atoms with van der Waals surface area (Å²) in [5.74, 6) is -3.49. The summed E-state index contributed by atoms with van der Waals surface area (Å²) in [5.41, 5.74) is 1.82. The Balaban J connectivity index is 2.99. The second-order valence-electron chi connectivity index (χ2n) is 4.65. The van der Waals surface area contributed by atoms with E-state index in [2.05, 4.69) is 10.5 Å². The van der Waals surface area contributed by atoms with Gasteiger partial charge in [-0.2, -0.15) is 5.10 Å². The molecule has 0 aromatic heterocycles. The number of nitrogens with one attached hydrogen (secondary N) is 1. The number of amides is 1. The number of carbonyl (C=O) groups excluding carboxylic acids is 3. The van der Waals surface area contributed by atoms with E-state index < -0.39 is 23.8 Å². The molecule has 24 heavy (non-hydrogen) atoms. The number of rotatable bonds is 7. The lowest BCUT2D eigenvalue weighted by Crippen LogP contribution is -2.34. The molecule has 1 aromatic rings. The lowest BCUT2D eigenvalue weighted by atomic mass is 10.1. The Hall–Kier alpha value is -2.90. The summed E-state index contributed by atoms with van der Waals surface area (Å²) in [4.78, 5) is 35.8. The summed E-state index contributed by atoms with van der Waals surface area (Å²) in [7, 11) is 0. The van der Waals surface area contributed by atoms with Gasteiger partial charge < -0.3 is 14.6 Å². The van der Waals surface area contributed by atoms with Gasteiger partial charge in [0.1, 0.15) is 11.7 Å². The van der Waals surface area contributed by atoms with Crippen molar-refractivity contribution in [1.29, 1.82) is 0 Å². The molecule has 0 bridgehead atoms. The summed E-state index contributed by atoms with van der Waals surface area (Å²) in [5, 5.41) is 13.3. The zero-order valence-electron chi connectivity index (χ0n) is 13.7. The third kappa shape index (κ3) is 5.08. The van der Waals surface area contributed by atoms with E-state index in [4.69, 9.17) is 9.47 Å². The number of phenolic OH excluding ortho intramolecular Hbond substituents is 1. The zero-order chi connectivity index (χ0) is 18.1. The molecule has 0 heterocycles. The molecule has 0 radical (unpaired) electrons. The summed E-state index contributed by atoms with van der Waals surface area (Å²) >= 11 is 0. The highest BCUT2D eigenvalue weighted by atomic mass is 16.5. The molecule has 1 rings (SSSR count). The van der Waals surface area contributed by atoms with Crippen LogP contribution in [0.4, 0.5) is 0 Å². The number of carbonyl (C=O) groups is 3. The largest absolute Gasteiger partial charge is 0.507 e. The number of benzene rings is 1. The van der Waals surface area contributed by atoms with Gasteiger partial charge >= 0.3 is 11.9 Å². The third-order valence-corrected chi connectivity index (χ3v) is 2.96. The maximum absolute atomic E-state index is 12.0. The first-order chi connectivity index (χ1) is 11.4. The number of esters is 2. The van der Waals surface area contributed by atoms with Crippen LogP contribution >= 0.6 is 0 Å². The van der Waals surface area contributed by atoms with Crippen LogP contribution in [0.25, 0.3) is 0 Å². The highest BCUT2D eigenvalue weighted by molar-refractivity contribution is 6.40. The Bertz CT molecular complexity index is 641. The van der Waals surface area contributed by atoms with E-state index in [0.29, 0.717) is 0 Å². The molecule has 8 heteroatoms. The fraction of sp³-hybridized carbons (Fsp3) is 0.375. The number of para-hydroxylation sites is 1. The van der Waals surface area contributed by atoms with Crippen molar-refractivity contribution in [3.8, 4) is 5.75 Å². The number of hydrogen-bond donors (Lipinski definition) is 2. The molecule has 0 fully saturated rings. The molecule has 0 unspecified atom stereocenters. The van der Waals surface area contributed by atoms with Gasteiger partial charge in [0.25, 0.3) is 5.91 Å². The zero-order valence-corrected chi connectivity index (χ0v) is 13.7. The first kappa shape index (κ1) is 19.1. The Labute approximate surface area is 139 Å². The lowest BCUT2D eigenvalue weighted by molar-refractivity contribution is -0.146. The van der Waals surface area contributed by atoms with Gasteiger partial charge in [-0.05, 0) is 32.9 Å². The number of ether oxygens (including phenoxy) is 2. The second-order valence-corrected chi connectivity index (χ2v) is 4.65. The molecule has 1 amide bonds. The van der Waals surface area contributed by atoms with Gasteiger partial charge in [0.2, 0.25) is 0 Å². The van der Waals surface area contributed by atoms with Crippen LogP contribution < -0.4 is 5.43 Å². The number of phenols is 1. The Morgan fingerprint density at radius 1 is 1.17 bits per heavy atom. The van der Waals surface area contributed by atoms with Crippen LogP contribution in [0.3, 0.4) is 0 Å². The maximum Gasteiger partial charge on any atom is 0.355 e. The molecular weight excluding hydrogens is 316 g/mol. The number of aromatic hydroxyl groups is 1. The Morgan fingerprint density at radius 2 is 1.79 bits per heavy atom. The predicted octanol–water partition coefficient (Wildman–Crippen LogP) is 1.24. The first-order valence-electron chi connectivity index (χ1n) is 7.42. The number of nitrogens with zero attached hydrogens (tertiary/aromatic N) is 1. The van der Waals surface area contributed by atoms with Gasteiger partial charge in [-0.3, -0.25) is 9.59 Å². The summed E-state index contributed by atoms with van der Waals surface area (Å²) in [6.45, 7) is 4.88. The quantitative estimate of drug-likeness (QED) is 0.440. The van der Waals surface area contributed by atoms with Crippen molar-refractivity contribution < 1.29 is 29.0 Å². The van der Waals surface area contributed by atoms with E-state index in [-0.39, 0.29) is 30.2 Å². The van der Waals surface area contributed by atoms with Crippen LogP contribution in [0.2, 0.25) is 0 Å². The van der Waals surface area contributed by atoms with Crippen molar-refractivity contribution >= 4 is 23.6 Å². The summed E-state index contributed by atoms with van der Waals surface area (Å²) in [6, 6.07) is 5.85. The third-order valence-electron chi connectivity index (χ3n) is 2.96. The SMILES string of the molecule is CCOC(=O)/C(=N/NC(=O)c1ccccc1O)[C@H](C)C(=O)OCC. The van der Waals surface area contributed by atoms with E-state index in [1.54, 1.807) is 26.0 Å². The molecule has 1 aromatic carbocycles. The summed E-state index contributed by atoms with van der Waals surface area (Å²) in [6.07, 6.45) is 0. The normalized spacial score (nSPS) is 12.2. The molecule has 0 aliphatic carbocycles. The van der Waals surface area contributed by atoms with Gasteiger partial charge in [-0.1, -0.05) is 12.1 Å². The molecule has 8 nitrogen and oxygen atoms in total. The van der Waals surface area contributed by atoms with Gasteiger partial charge in [0.05, 0.1) is 18.8 Å². The number of hydrazone groups is 1. The Kier molecular flexibility index (Phi) is 7.41. The van der Waals surface area contributed by atoms with Crippen LogP contribution in [0, 0.1) is 5.92 Å². The topological polar surface area (TPSA) is 114 Å². The fourth-order valence-corrected chi connectivity index (χ4v) is 1.74. The molecule has 1 atom stereocenters. The molecular formula is C16H20N2O6. The van der Waals surface area contributed by atoms with Crippen molar-refractivity contribution in [3.05, 3.63) is 29.8 Å². The fourth-order valence-electron chi connectivity index (χ4n) is 1.74. The van der Waals surface area contributed by atoms with Crippen molar-refractivity contribution in [3.63, 3.8) is 0 Å². The molecule has 0 saturated carbocycles. The van der Waals surface area contributed by atoms with E-state index >= 15 is 0 Å². The van der Waals surface area contributed by atoms with Crippen molar-refractivity contribution in [1.82, 2.24) is 5.43 Å². The molecule has 0 saturated heterocycles. The van der Waals surface area contributed by atoms with Crippen molar-refractivity contribution in [2.45, 2.75) is 20.8 Å². The molecule has 0 aliphatic heterocycles. The standard InChI is InChI=1S/C16H20N2O6/c1-4-23-15(21)10(3)13(16(22)24-5-2)17-18-14(20)11-8-6-7-9-12(11)19/h6-10,19H,4-5H2,1-3H3,(H,18,20)/b17-13+/t10-/m0/s1. The minimum Gasteiger partial charge on any atom is -0.507 e. The van der Waals surface area contributed by atoms with E-state index in [1.807, 2.05) is 0 Å². The molecule has 2 N–H and O–H groups in total. The van der Waals surface area contributed by atoms with Gasteiger partial charge in [0, 0.05) is 0 Å². The van der Waals surface area contributed by atoms with Gasteiger partial charge in [-0.25, -0.2) is 10.2 Å². The van der Waals surface area contributed by atoms with Crippen LogP contribution in [0.5, 0.6) is 5.75 Å². The van der Waals surface area contributed by atoms with E-state index in [1.165, 1.54) is 19.1 Å². The van der Waals surface area contributed by atoms with Crippen LogP contribution in [-0.4, -0.2) is 41.9 Å². The molecule has 0 spiro atoms. The van der Waals surface area contributed by atoms with Crippen molar-refractivity contribution in [2.24, 2.45) is 11.0 Å².